The molecule has 0 bridgehead atoms. The Balaban J connectivity index is 3.55. The Morgan fingerprint density at radius 1 is 1.00 bits per heavy atom. The summed E-state index contributed by atoms with van der Waals surface area (Å²) in [5.74, 6) is -0.435. The van der Waals surface area contributed by atoms with Crippen molar-refractivity contribution in [3.8, 4) is 0 Å². The fourth-order valence-electron chi connectivity index (χ4n) is 2.55. The third-order valence-corrected chi connectivity index (χ3v) is 4.12. The number of hydrogen-bond acceptors (Lipinski definition) is 5. The van der Waals surface area contributed by atoms with Crippen molar-refractivity contribution >= 4 is 5.97 Å². The molecule has 0 aromatic carbocycles. The molecule has 0 aliphatic heterocycles. The van der Waals surface area contributed by atoms with Crippen molar-refractivity contribution in [1.29, 1.82) is 0 Å². The fraction of sp³-hybridized carbons (Fsp3) is 0.762. The third kappa shape index (κ3) is 15.0. The predicted octanol–water partition coefficient (Wildman–Crippen LogP) is 4.63. The molecule has 0 aromatic rings. The molecular formula is C21H38O5. The molecule has 2 N–H and O–H groups in total. The molecule has 0 fully saturated rings. The number of aliphatic hydroxyl groups is 2. The van der Waals surface area contributed by atoms with Crippen LogP contribution >= 0.6 is 0 Å². The monoisotopic (exact) mass is 370 g/mol. The van der Waals surface area contributed by atoms with Crippen molar-refractivity contribution in [1.82, 2.24) is 0 Å². The Morgan fingerprint density at radius 3 is 2.15 bits per heavy atom. The summed E-state index contributed by atoms with van der Waals surface area (Å²) in [7, 11) is 0. The maximum Gasteiger partial charge on any atom is 0.308 e. The molecule has 26 heavy (non-hydrogen) atoms. The van der Waals surface area contributed by atoms with Crippen molar-refractivity contribution in [2.45, 2.75) is 96.4 Å². The van der Waals surface area contributed by atoms with E-state index in [0.29, 0.717) is 0 Å². The Hall–Kier alpha value is -1.33. The minimum absolute atomic E-state index is 0.285. The van der Waals surface area contributed by atoms with Crippen molar-refractivity contribution in [2.75, 3.05) is 6.61 Å². The first-order valence-electron chi connectivity index (χ1n) is 10.1. The van der Waals surface area contributed by atoms with E-state index in [9.17, 15) is 9.90 Å². The van der Waals surface area contributed by atoms with Gasteiger partial charge < -0.3 is 19.7 Å². The van der Waals surface area contributed by atoms with Gasteiger partial charge in [0.2, 0.25) is 0 Å². The zero-order valence-corrected chi connectivity index (χ0v) is 16.4. The highest BCUT2D eigenvalue weighted by Gasteiger charge is 2.23. The number of rotatable bonds is 18. The van der Waals surface area contributed by atoms with E-state index in [1.54, 1.807) is 0 Å². The standard InChI is InChI=1S/C21H38O5/c1-3-5-6-7-8-9-10-11-12-13-14-15-16-17-20(24)26-21(25-4-2)19(23)18-22/h4,9-10,19,21-23H,2-3,5-8,11-18H2,1H3/b10-9-. The van der Waals surface area contributed by atoms with E-state index in [1.807, 2.05) is 0 Å². The molecule has 0 aliphatic carbocycles. The van der Waals surface area contributed by atoms with E-state index >= 15 is 0 Å². The minimum Gasteiger partial charge on any atom is -0.460 e. The smallest absolute Gasteiger partial charge is 0.308 e. The lowest BCUT2D eigenvalue weighted by Crippen LogP contribution is -2.35. The summed E-state index contributed by atoms with van der Waals surface area (Å²) in [4.78, 5) is 11.7. The summed E-state index contributed by atoms with van der Waals surface area (Å²) in [6, 6.07) is 0. The number of esters is 1. The van der Waals surface area contributed by atoms with Crippen LogP contribution in [0.4, 0.5) is 0 Å². The third-order valence-electron chi connectivity index (χ3n) is 4.12. The quantitative estimate of drug-likeness (QED) is 0.121. The first-order chi connectivity index (χ1) is 12.7. The van der Waals surface area contributed by atoms with Crippen LogP contribution in [0.1, 0.15) is 84.0 Å². The molecular weight excluding hydrogens is 332 g/mol. The number of ether oxygens (including phenoxy) is 2. The Bertz CT molecular complexity index is 367. The number of carbonyl (C=O) groups is 1. The second-order valence-electron chi connectivity index (χ2n) is 6.54. The van der Waals surface area contributed by atoms with Crippen LogP contribution in [0.3, 0.4) is 0 Å². The van der Waals surface area contributed by atoms with Gasteiger partial charge in [-0.3, -0.25) is 4.79 Å². The van der Waals surface area contributed by atoms with Gasteiger partial charge in [0.05, 0.1) is 12.9 Å². The molecule has 0 aromatic heterocycles. The lowest BCUT2D eigenvalue weighted by Gasteiger charge is -2.20. The number of hydrogen-bond donors (Lipinski definition) is 2. The Morgan fingerprint density at radius 2 is 1.58 bits per heavy atom. The van der Waals surface area contributed by atoms with E-state index in [1.165, 1.54) is 44.9 Å². The first kappa shape index (κ1) is 24.7. The van der Waals surface area contributed by atoms with Crippen molar-refractivity contribution in [3.05, 3.63) is 25.0 Å². The first-order valence-corrected chi connectivity index (χ1v) is 10.1. The summed E-state index contributed by atoms with van der Waals surface area (Å²) in [6.07, 6.45) is 16.3. The molecule has 0 radical (unpaired) electrons. The van der Waals surface area contributed by atoms with Crippen molar-refractivity contribution in [3.63, 3.8) is 0 Å². The van der Waals surface area contributed by atoms with Crippen LogP contribution in [0.5, 0.6) is 0 Å². The van der Waals surface area contributed by atoms with Gasteiger partial charge in [-0.2, -0.15) is 0 Å². The SMILES string of the molecule is C=COC(OC(=O)CCCCCCC/C=C\CCCCCC)C(O)CO. The van der Waals surface area contributed by atoms with Gasteiger partial charge in [0.25, 0.3) is 6.29 Å². The van der Waals surface area contributed by atoms with Gasteiger partial charge in [0.1, 0.15) is 0 Å². The highest BCUT2D eigenvalue weighted by Crippen LogP contribution is 2.11. The highest BCUT2D eigenvalue weighted by molar-refractivity contribution is 5.69. The van der Waals surface area contributed by atoms with Gasteiger partial charge in [0, 0.05) is 6.42 Å². The number of unbranched alkanes of at least 4 members (excludes halogenated alkanes) is 9. The average molecular weight is 371 g/mol. The fourth-order valence-corrected chi connectivity index (χ4v) is 2.55. The van der Waals surface area contributed by atoms with Crippen LogP contribution in [0.25, 0.3) is 0 Å². The molecule has 0 saturated carbocycles. The summed E-state index contributed by atoms with van der Waals surface area (Å²) >= 11 is 0. The molecule has 5 heteroatoms. The molecule has 5 nitrogen and oxygen atoms in total. The largest absolute Gasteiger partial charge is 0.460 e. The summed E-state index contributed by atoms with van der Waals surface area (Å²) in [5.41, 5.74) is 0. The van der Waals surface area contributed by atoms with Gasteiger partial charge in [-0.15, -0.1) is 0 Å². The van der Waals surface area contributed by atoms with E-state index in [0.717, 1.165) is 31.9 Å². The topological polar surface area (TPSA) is 76.0 Å². The highest BCUT2D eigenvalue weighted by atomic mass is 16.7. The van der Waals surface area contributed by atoms with E-state index in [2.05, 4.69) is 25.7 Å². The van der Waals surface area contributed by atoms with Crippen LogP contribution in [-0.2, 0) is 14.3 Å². The van der Waals surface area contributed by atoms with Gasteiger partial charge in [-0.05, 0) is 32.1 Å². The van der Waals surface area contributed by atoms with Gasteiger partial charge in [0.15, 0.2) is 6.10 Å². The van der Waals surface area contributed by atoms with Crippen LogP contribution in [-0.4, -0.2) is 35.2 Å². The van der Waals surface area contributed by atoms with Gasteiger partial charge in [-0.1, -0.05) is 64.2 Å². The van der Waals surface area contributed by atoms with Crippen molar-refractivity contribution in [2.24, 2.45) is 0 Å². The molecule has 0 aliphatic rings. The molecule has 152 valence electrons. The Kier molecular flexibility index (Phi) is 17.5. The summed E-state index contributed by atoms with van der Waals surface area (Å²) < 4.78 is 9.89. The summed E-state index contributed by atoms with van der Waals surface area (Å²) in [6.45, 7) is 5.04. The second-order valence-corrected chi connectivity index (χ2v) is 6.54. The molecule has 0 spiro atoms. The maximum absolute atomic E-state index is 11.7. The average Bonchev–Trinajstić information content (AvgIpc) is 2.64. The van der Waals surface area contributed by atoms with E-state index in [-0.39, 0.29) is 6.42 Å². The lowest BCUT2D eigenvalue weighted by atomic mass is 10.1. The predicted molar refractivity (Wildman–Crippen MR) is 104 cm³/mol. The van der Waals surface area contributed by atoms with Gasteiger partial charge >= 0.3 is 5.97 Å². The molecule has 0 rings (SSSR count). The maximum atomic E-state index is 11.7. The van der Waals surface area contributed by atoms with E-state index in [4.69, 9.17) is 14.6 Å². The number of carbonyl (C=O) groups excluding carboxylic acids is 1. The van der Waals surface area contributed by atoms with Crippen LogP contribution in [0.15, 0.2) is 25.0 Å². The number of aliphatic hydroxyl groups excluding tert-OH is 2. The zero-order chi connectivity index (χ0) is 19.5. The van der Waals surface area contributed by atoms with E-state index < -0.39 is 25.0 Å². The molecule has 0 heterocycles. The normalized spacial score (nSPS) is 13.5. The van der Waals surface area contributed by atoms with Gasteiger partial charge in [-0.25, -0.2) is 0 Å². The zero-order valence-electron chi connectivity index (χ0n) is 16.4. The molecule has 2 unspecified atom stereocenters. The molecule has 0 saturated heterocycles. The second kappa shape index (κ2) is 18.5. The van der Waals surface area contributed by atoms with Crippen LogP contribution in [0, 0.1) is 0 Å². The minimum atomic E-state index is -1.27. The molecule has 0 amide bonds. The lowest BCUT2D eigenvalue weighted by molar-refractivity contribution is -0.192. The number of allylic oxidation sites excluding steroid dienone is 2. The Labute approximate surface area is 159 Å². The van der Waals surface area contributed by atoms with Crippen LogP contribution in [0.2, 0.25) is 0 Å². The van der Waals surface area contributed by atoms with Crippen LogP contribution < -0.4 is 0 Å². The summed E-state index contributed by atoms with van der Waals surface area (Å²) in [5, 5.41) is 18.4. The molecule has 2 atom stereocenters. The van der Waals surface area contributed by atoms with Crippen molar-refractivity contribution < 1.29 is 24.5 Å².